The summed E-state index contributed by atoms with van der Waals surface area (Å²) in [4.78, 5) is 0. The van der Waals surface area contributed by atoms with Gasteiger partial charge >= 0.3 is 0 Å². The average molecular weight is 265 g/mol. The summed E-state index contributed by atoms with van der Waals surface area (Å²) in [6.07, 6.45) is 0. The van der Waals surface area contributed by atoms with Gasteiger partial charge in [0.15, 0.2) is 11.6 Å². The van der Waals surface area contributed by atoms with Gasteiger partial charge in [0, 0.05) is 5.69 Å². The number of rotatable bonds is 5. The van der Waals surface area contributed by atoms with Gasteiger partial charge in [-0.25, -0.2) is 4.39 Å². The number of halogens is 2. The second-order valence-electron chi connectivity index (χ2n) is 3.82. The summed E-state index contributed by atoms with van der Waals surface area (Å²) in [5, 5.41) is 0. The lowest BCUT2D eigenvalue weighted by atomic mass is 10.3. The van der Waals surface area contributed by atoms with Crippen LogP contribution in [0.1, 0.15) is 0 Å². The monoisotopic (exact) mass is 265 g/mol. The smallest absolute Gasteiger partial charge is 0.200 e. The highest BCUT2D eigenvalue weighted by Crippen LogP contribution is 2.19. The highest BCUT2D eigenvalue weighted by molar-refractivity contribution is 5.41. The molecule has 0 fully saturated rings. The first-order chi connectivity index (χ1) is 9.16. The Morgan fingerprint density at radius 3 is 2.32 bits per heavy atom. The predicted molar refractivity (Wildman–Crippen MR) is 68.2 cm³/mol. The molecule has 3 nitrogen and oxygen atoms in total. The summed E-state index contributed by atoms with van der Waals surface area (Å²) in [6.45, 7) is 0.338. The Balaban J connectivity index is 1.81. The van der Waals surface area contributed by atoms with Crippen molar-refractivity contribution >= 4 is 5.69 Å². The molecular weight excluding hydrogens is 252 g/mol. The maximum absolute atomic E-state index is 13.2. The van der Waals surface area contributed by atoms with E-state index in [4.69, 9.17) is 15.2 Å². The van der Waals surface area contributed by atoms with Gasteiger partial charge in [-0.05, 0) is 36.4 Å². The molecule has 0 atom stereocenters. The van der Waals surface area contributed by atoms with Crippen LogP contribution in [0.5, 0.6) is 11.5 Å². The summed E-state index contributed by atoms with van der Waals surface area (Å²) in [5.74, 6) is -1.41. The van der Waals surface area contributed by atoms with Crippen LogP contribution in [0.25, 0.3) is 0 Å². The minimum atomic E-state index is -0.991. The highest BCUT2D eigenvalue weighted by atomic mass is 19.2. The zero-order valence-electron chi connectivity index (χ0n) is 10.1. The number of hydrogen-bond donors (Lipinski definition) is 1. The zero-order valence-corrected chi connectivity index (χ0v) is 10.1. The van der Waals surface area contributed by atoms with Gasteiger partial charge in [0.1, 0.15) is 19.0 Å². The van der Waals surface area contributed by atoms with Crippen molar-refractivity contribution in [3.63, 3.8) is 0 Å². The van der Waals surface area contributed by atoms with Crippen molar-refractivity contribution in [1.82, 2.24) is 0 Å². The number of benzene rings is 2. The van der Waals surface area contributed by atoms with Crippen molar-refractivity contribution in [3.05, 3.63) is 54.1 Å². The van der Waals surface area contributed by atoms with Crippen LogP contribution in [0.15, 0.2) is 42.5 Å². The minimum absolute atomic E-state index is 0.116. The van der Waals surface area contributed by atoms with Gasteiger partial charge in [-0.3, -0.25) is 0 Å². The molecule has 0 aliphatic heterocycles. The van der Waals surface area contributed by atoms with Crippen LogP contribution in [0.3, 0.4) is 0 Å². The third kappa shape index (κ3) is 3.58. The van der Waals surface area contributed by atoms with E-state index in [0.29, 0.717) is 11.4 Å². The van der Waals surface area contributed by atoms with E-state index in [2.05, 4.69) is 0 Å². The summed E-state index contributed by atoms with van der Waals surface area (Å²) in [7, 11) is 0. The number of nitrogens with two attached hydrogens (primary N) is 1. The molecule has 0 aromatic heterocycles. The molecule has 0 aliphatic carbocycles. The van der Waals surface area contributed by atoms with Gasteiger partial charge in [-0.2, -0.15) is 4.39 Å². The van der Waals surface area contributed by atoms with E-state index in [9.17, 15) is 8.78 Å². The van der Waals surface area contributed by atoms with Crippen LogP contribution in [0.4, 0.5) is 14.5 Å². The van der Waals surface area contributed by atoms with Gasteiger partial charge < -0.3 is 15.2 Å². The van der Waals surface area contributed by atoms with E-state index in [1.165, 1.54) is 12.1 Å². The molecule has 5 heteroatoms. The number of ether oxygens (including phenoxy) is 2. The lowest BCUT2D eigenvalue weighted by Gasteiger charge is -2.09. The van der Waals surface area contributed by atoms with E-state index in [0.717, 1.165) is 6.07 Å². The van der Waals surface area contributed by atoms with Crippen molar-refractivity contribution in [2.24, 2.45) is 0 Å². The SMILES string of the molecule is Nc1ccc(OCCOc2cccc(F)c2F)cc1. The Hall–Kier alpha value is -2.30. The second-order valence-corrected chi connectivity index (χ2v) is 3.82. The van der Waals surface area contributed by atoms with Gasteiger partial charge in [0.05, 0.1) is 0 Å². The Morgan fingerprint density at radius 1 is 0.895 bits per heavy atom. The van der Waals surface area contributed by atoms with Crippen molar-refractivity contribution in [1.29, 1.82) is 0 Å². The predicted octanol–water partition coefficient (Wildman–Crippen LogP) is 3.00. The zero-order chi connectivity index (χ0) is 13.7. The third-order valence-electron chi connectivity index (χ3n) is 2.41. The minimum Gasteiger partial charge on any atom is -0.490 e. The van der Waals surface area contributed by atoms with E-state index in [-0.39, 0.29) is 19.0 Å². The molecule has 0 radical (unpaired) electrons. The standard InChI is InChI=1S/C14H13F2NO2/c15-12-2-1-3-13(14(12)16)19-9-8-18-11-6-4-10(17)5-7-11/h1-7H,8-9,17H2. The van der Waals surface area contributed by atoms with Crippen LogP contribution in [-0.4, -0.2) is 13.2 Å². The Bertz CT molecular complexity index is 544. The topological polar surface area (TPSA) is 44.5 Å². The highest BCUT2D eigenvalue weighted by Gasteiger charge is 2.08. The number of anilines is 1. The molecule has 0 aliphatic rings. The van der Waals surface area contributed by atoms with Crippen molar-refractivity contribution in [2.75, 3.05) is 18.9 Å². The van der Waals surface area contributed by atoms with E-state index in [1.54, 1.807) is 24.3 Å². The number of nitrogen functional groups attached to an aromatic ring is 1. The van der Waals surface area contributed by atoms with E-state index < -0.39 is 11.6 Å². The molecule has 0 saturated heterocycles. The van der Waals surface area contributed by atoms with Crippen LogP contribution < -0.4 is 15.2 Å². The lowest BCUT2D eigenvalue weighted by molar-refractivity contribution is 0.210. The van der Waals surface area contributed by atoms with E-state index >= 15 is 0 Å². The molecule has 2 aromatic carbocycles. The maximum Gasteiger partial charge on any atom is 0.200 e. The number of hydrogen-bond acceptors (Lipinski definition) is 3. The van der Waals surface area contributed by atoms with Gasteiger partial charge in [0.2, 0.25) is 5.82 Å². The average Bonchev–Trinajstić information content (AvgIpc) is 2.41. The van der Waals surface area contributed by atoms with E-state index in [1.807, 2.05) is 0 Å². The van der Waals surface area contributed by atoms with Crippen LogP contribution >= 0.6 is 0 Å². The molecule has 0 heterocycles. The summed E-state index contributed by atoms with van der Waals surface area (Å²) in [6, 6.07) is 10.6. The fourth-order valence-electron chi connectivity index (χ4n) is 1.47. The molecule has 0 saturated carbocycles. The van der Waals surface area contributed by atoms with Crippen molar-refractivity contribution in [3.8, 4) is 11.5 Å². The lowest BCUT2D eigenvalue weighted by Crippen LogP contribution is -2.10. The molecule has 0 amide bonds. The fraction of sp³-hybridized carbons (Fsp3) is 0.143. The van der Waals surface area contributed by atoms with Crippen LogP contribution in [0, 0.1) is 11.6 Å². The van der Waals surface area contributed by atoms with Crippen LogP contribution in [-0.2, 0) is 0 Å². The summed E-state index contributed by atoms with van der Waals surface area (Å²) < 4.78 is 36.6. The molecule has 2 aromatic rings. The normalized spacial score (nSPS) is 10.2. The Kier molecular flexibility index (Phi) is 4.18. The molecule has 0 spiro atoms. The quantitative estimate of drug-likeness (QED) is 0.667. The van der Waals surface area contributed by atoms with Crippen LogP contribution in [0.2, 0.25) is 0 Å². The molecule has 0 bridgehead atoms. The first-order valence-corrected chi connectivity index (χ1v) is 5.72. The molecular formula is C14H13F2NO2. The molecule has 2 rings (SSSR count). The molecule has 0 unspecified atom stereocenters. The first-order valence-electron chi connectivity index (χ1n) is 5.72. The molecule has 19 heavy (non-hydrogen) atoms. The third-order valence-corrected chi connectivity index (χ3v) is 2.41. The fourth-order valence-corrected chi connectivity index (χ4v) is 1.47. The molecule has 2 N–H and O–H groups in total. The van der Waals surface area contributed by atoms with Crippen molar-refractivity contribution < 1.29 is 18.3 Å². The first kappa shape index (κ1) is 13.1. The molecule has 100 valence electrons. The van der Waals surface area contributed by atoms with Crippen molar-refractivity contribution in [2.45, 2.75) is 0 Å². The van der Waals surface area contributed by atoms with Gasteiger partial charge in [0.25, 0.3) is 0 Å². The maximum atomic E-state index is 13.2. The second kappa shape index (κ2) is 6.04. The summed E-state index contributed by atoms with van der Waals surface area (Å²) in [5.41, 5.74) is 6.17. The Morgan fingerprint density at radius 2 is 1.58 bits per heavy atom. The van der Waals surface area contributed by atoms with Gasteiger partial charge in [-0.1, -0.05) is 6.07 Å². The Labute approximate surface area is 109 Å². The van der Waals surface area contributed by atoms with Gasteiger partial charge in [-0.15, -0.1) is 0 Å². The largest absolute Gasteiger partial charge is 0.490 e. The summed E-state index contributed by atoms with van der Waals surface area (Å²) >= 11 is 0.